The molecular formula is C14H14ClNO3S. The molecule has 0 heterocycles. The minimum absolute atomic E-state index is 0.187. The second kappa shape index (κ2) is 5.73. The van der Waals surface area contributed by atoms with E-state index in [4.69, 9.17) is 16.3 Å². The fourth-order valence-electron chi connectivity index (χ4n) is 1.71. The summed E-state index contributed by atoms with van der Waals surface area (Å²) in [6.45, 7) is 0. The molecule has 0 aromatic heterocycles. The van der Waals surface area contributed by atoms with E-state index in [0.717, 1.165) is 0 Å². The van der Waals surface area contributed by atoms with Gasteiger partial charge in [-0.2, -0.15) is 0 Å². The number of rotatable bonds is 4. The van der Waals surface area contributed by atoms with Crippen molar-refractivity contribution in [3.05, 3.63) is 53.6 Å². The molecule has 0 aliphatic carbocycles. The molecule has 6 heteroatoms. The van der Waals surface area contributed by atoms with Crippen LogP contribution < -0.4 is 9.04 Å². The second-order valence-electron chi connectivity index (χ2n) is 4.13. The van der Waals surface area contributed by atoms with Crippen LogP contribution in [0, 0.1) is 0 Å². The van der Waals surface area contributed by atoms with Crippen LogP contribution in [0.3, 0.4) is 0 Å². The maximum Gasteiger partial charge on any atom is 0.264 e. The smallest absolute Gasteiger partial charge is 0.264 e. The van der Waals surface area contributed by atoms with Gasteiger partial charge < -0.3 is 4.74 Å². The Bertz CT molecular complexity index is 699. The second-order valence-corrected chi connectivity index (χ2v) is 6.53. The van der Waals surface area contributed by atoms with Gasteiger partial charge in [0.1, 0.15) is 5.75 Å². The Labute approximate surface area is 123 Å². The normalized spacial score (nSPS) is 11.2. The van der Waals surface area contributed by atoms with Crippen molar-refractivity contribution >= 4 is 27.3 Å². The van der Waals surface area contributed by atoms with Gasteiger partial charge in [-0.25, -0.2) is 8.42 Å². The Morgan fingerprint density at radius 1 is 1.10 bits per heavy atom. The highest BCUT2D eigenvalue weighted by molar-refractivity contribution is 7.92. The number of ether oxygens (including phenoxy) is 1. The number of hydrogen-bond acceptors (Lipinski definition) is 3. The van der Waals surface area contributed by atoms with E-state index in [1.54, 1.807) is 36.4 Å². The van der Waals surface area contributed by atoms with Gasteiger partial charge in [0.2, 0.25) is 0 Å². The van der Waals surface area contributed by atoms with Crippen molar-refractivity contribution in [1.29, 1.82) is 0 Å². The van der Waals surface area contributed by atoms with E-state index in [1.165, 1.54) is 30.6 Å². The molecule has 0 bridgehead atoms. The Morgan fingerprint density at radius 3 is 2.35 bits per heavy atom. The van der Waals surface area contributed by atoms with Crippen LogP contribution in [-0.2, 0) is 10.0 Å². The molecule has 0 spiro atoms. The highest BCUT2D eigenvalue weighted by Crippen LogP contribution is 2.25. The lowest BCUT2D eigenvalue weighted by Crippen LogP contribution is -2.26. The van der Waals surface area contributed by atoms with Crippen LogP contribution in [0.25, 0.3) is 0 Å². The fraction of sp³-hybridized carbons (Fsp3) is 0.143. The van der Waals surface area contributed by atoms with Crippen LogP contribution in [0.4, 0.5) is 5.69 Å². The summed E-state index contributed by atoms with van der Waals surface area (Å²) in [4.78, 5) is 0.187. The zero-order valence-corrected chi connectivity index (χ0v) is 12.6. The lowest BCUT2D eigenvalue weighted by Gasteiger charge is -2.20. The van der Waals surface area contributed by atoms with E-state index in [1.807, 2.05) is 0 Å². The Kier molecular flexibility index (Phi) is 4.20. The molecule has 0 aliphatic heterocycles. The monoisotopic (exact) mass is 311 g/mol. The van der Waals surface area contributed by atoms with Gasteiger partial charge in [-0.3, -0.25) is 4.31 Å². The van der Waals surface area contributed by atoms with Crippen LogP contribution >= 0.6 is 11.6 Å². The maximum atomic E-state index is 12.5. The van der Waals surface area contributed by atoms with Crippen LogP contribution in [0.1, 0.15) is 0 Å². The van der Waals surface area contributed by atoms with Gasteiger partial charge in [0.05, 0.1) is 17.7 Å². The summed E-state index contributed by atoms with van der Waals surface area (Å²) in [6, 6.07) is 12.9. The third kappa shape index (κ3) is 2.89. The number of nitrogens with zero attached hydrogens (tertiary/aromatic N) is 1. The third-order valence-electron chi connectivity index (χ3n) is 2.89. The first-order valence-electron chi connectivity index (χ1n) is 5.83. The predicted molar refractivity (Wildman–Crippen MR) is 80.0 cm³/mol. The number of hydrogen-bond donors (Lipinski definition) is 0. The molecule has 4 nitrogen and oxygen atoms in total. The zero-order valence-electron chi connectivity index (χ0n) is 11.1. The van der Waals surface area contributed by atoms with Gasteiger partial charge in [0.15, 0.2) is 0 Å². The van der Waals surface area contributed by atoms with Crippen LogP contribution in [-0.4, -0.2) is 22.6 Å². The molecule has 20 heavy (non-hydrogen) atoms. The number of benzene rings is 2. The Balaban J connectivity index is 2.40. The minimum atomic E-state index is -3.61. The summed E-state index contributed by atoms with van der Waals surface area (Å²) in [5.74, 6) is 0.598. The highest BCUT2D eigenvalue weighted by Gasteiger charge is 2.21. The van der Waals surface area contributed by atoms with Crippen molar-refractivity contribution in [2.75, 3.05) is 18.5 Å². The topological polar surface area (TPSA) is 46.6 Å². The number of anilines is 1. The molecule has 0 aliphatic rings. The summed E-state index contributed by atoms with van der Waals surface area (Å²) in [6.07, 6.45) is 0. The lowest BCUT2D eigenvalue weighted by atomic mass is 10.3. The van der Waals surface area contributed by atoms with Gasteiger partial charge in [0.25, 0.3) is 10.0 Å². The molecule has 0 saturated heterocycles. The van der Waals surface area contributed by atoms with E-state index < -0.39 is 10.0 Å². The van der Waals surface area contributed by atoms with Gasteiger partial charge >= 0.3 is 0 Å². The van der Waals surface area contributed by atoms with Crippen LogP contribution in [0.5, 0.6) is 5.75 Å². The summed E-state index contributed by atoms with van der Waals surface area (Å²) >= 11 is 5.77. The van der Waals surface area contributed by atoms with Crippen LogP contribution in [0.2, 0.25) is 5.02 Å². The molecular weight excluding hydrogens is 298 g/mol. The predicted octanol–water partition coefficient (Wildman–Crippen LogP) is 3.17. The summed E-state index contributed by atoms with van der Waals surface area (Å²) in [5, 5.41) is 0.494. The number of methoxy groups -OCH3 is 1. The Hall–Kier alpha value is -1.72. The third-order valence-corrected chi connectivity index (χ3v) is 4.94. The zero-order chi connectivity index (χ0) is 14.8. The minimum Gasteiger partial charge on any atom is -0.497 e. The average molecular weight is 312 g/mol. The number of halogens is 1. The quantitative estimate of drug-likeness (QED) is 0.871. The molecule has 0 N–H and O–H groups in total. The van der Waals surface area contributed by atoms with E-state index in [0.29, 0.717) is 16.5 Å². The van der Waals surface area contributed by atoms with Crippen molar-refractivity contribution in [1.82, 2.24) is 0 Å². The first kappa shape index (κ1) is 14.7. The molecule has 0 amide bonds. The molecule has 0 atom stereocenters. The van der Waals surface area contributed by atoms with Gasteiger partial charge in [-0.1, -0.05) is 17.7 Å². The highest BCUT2D eigenvalue weighted by atomic mass is 35.5. The first-order valence-corrected chi connectivity index (χ1v) is 7.65. The molecule has 0 fully saturated rings. The Morgan fingerprint density at radius 2 is 1.75 bits per heavy atom. The summed E-state index contributed by atoms with van der Waals surface area (Å²) in [7, 11) is -0.581. The number of sulfonamides is 1. The molecule has 0 unspecified atom stereocenters. The van der Waals surface area contributed by atoms with Gasteiger partial charge in [-0.15, -0.1) is 0 Å². The summed E-state index contributed by atoms with van der Waals surface area (Å²) < 4.78 is 31.3. The first-order chi connectivity index (χ1) is 9.45. The lowest BCUT2D eigenvalue weighted by molar-refractivity contribution is 0.415. The van der Waals surface area contributed by atoms with Crippen molar-refractivity contribution in [3.63, 3.8) is 0 Å². The molecule has 2 rings (SSSR count). The summed E-state index contributed by atoms with van der Waals surface area (Å²) in [5.41, 5.74) is 0.527. The fourth-order valence-corrected chi connectivity index (χ4v) is 3.02. The largest absolute Gasteiger partial charge is 0.497 e. The van der Waals surface area contributed by atoms with E-state index >= 15 is 0 Å². The molecule has 0 radical (unpaired) electrons. The van der Waals surface area contributed by atoms with Gasteiger partial charge in [-0.05, 0) is 36.4 Å². The molecule has 2 aromatic rings. The van der Waals surface area contributed by atoms with Gasteiger partial charge in [0, 0.05) is 18.1 Å². The molecule has 2 aromatic carbocycles. The van der Waals surface area contributed by atoms with Crippen molar-refractivity contribution in [2.24, 2.45) is 0 Å². The van der Waals surface area contributed by atoms with Crippen molar-refractivity contribution in [3.8, 4) is 5.75 Å². The van der Waals surface area contributed by atoms with E-state index in [-0.39, 0.29) is 4.90 Å². The molecule has 106 valence electrons. The average Bonchev–Trinajstić information content (AvgIpc) is 2.47. The van der Waals surface area contributed by atoms with Crippen molar-refractivity contribution < 1.29 is 13.2 Å². The van der Waals surface area contributed by atoms with Crippen LogP contribution in [0.15, 0.2) is 53.4 Å². The van der Waals surface area contributed by atoms with E-state index in [2.05, 4.69) is 0 Å². The standard InChI is InChI=1S/C14H14ClNO3S/c1-16(12-4-3-5-13(10-12)19-2)20(17,18)14-8-6-11(15)7-9-14/h3-10H,1-2H3. The SMILES string of the molecule is COc1cccc(N(C)S(=O)(=O)c2ccc(Cl)cc2)c1. The molecule has 0 saturated carbocycles. The van der Waals surface area contributed by atoms with Crippen molar-refractivity contribution in [2.45, 2.75) is 4.90 Å². The maximum absolute atomic E-state index is 12.5. The van der Waals surface area contributed by atoms with E-state index in [9.17, 15) is 8.42 Å².